The molecule has 3 heteroatoms. The highest BCUT2D eigenvalue weighted by Crippen LogP contribution is 1.89. The maximum absolute atomic E-state index is 4.12. The van der Waals surface area contributed by atoms with Gasteiger partial charge in [0.25, 0.3) is 0 Å². The Bertz CT molecular complexity index is 236. The van der Waals surface area contributed by atoms with Gasteiger partial charge in [0.05, 0.1) is 12.4 Å². The van der Waals surface area contributed by atoms with E-state index in [1.165, 1.54) is 5.69 Å². The molecule has 1 aliphatic rings. The molecule has 0 saturated carbocycles. The van der Waals surface area contributed by atoms with Crippen LogP contribution < -0.4 is 4.68 Å². The van der Waals surface area contributed by atoms with E-state index in [0.29, 0.717) is 0 Å². The second-order valence-corrected chi connectivity index (χ2v) is 2.07. The van der Waals surface area contributed by atoms with Crippen LogP contribution in [0.1, 0.15) is 5.69 Å². The minimum absolute atomic E-state index is 0.901. The molecule has 0 spiro atoms. The number of hydrogen-bond acceptors (Lipinski definition) is 1. The number of nitrogens with zero attached hydrogens (tertiary/aromatic N) is 2. The highest BCUT2D eigenvalue weighted by atomic mass is 15.3. The molecule has 0 radical (unpaired) electrons. The van der Waals surface area contributed by atoms with E-state index in [1.807, 2.05) is 18.5 Å². The first-order chi connectivity index (χ1) is 4.47. The monoisotopic (exact) mass is 122 g/mol. The zero-order valence-electron chi connectivity index (χ0n) is 5.04. The second kappa shape index (κ2) is 1.69. The Morgan fingerprint density at radius 3 is 3.56 bits per heavy atom. The Morgan fingerprint density at radius 1 is 1.67 bits per heavy atom. The Morgan fingerprint density at radius 2 is 2.67 bits per heavy atom. The third-order valence-corrected chi connectivity index (χ3v) is 1.47. The molecular formula is C6H8N3+. The number of H-pyrrole nitrogens is 1. The van der Waals surface area contributed by atoms with E-state index < -0.39 is 0 Å². The van der Waals surface area contributed by atoms with Crippen LogP contribution in [0.2, 0.25) is 0 Å². The Labute approximate surface area is 53.0 Å². The van der Waals surface area contributed by atoms with Crippen LogP contribution in [0.3, 0.4) is 0 Å². The second-order valence-electron chi connectivity index (χ2n) is 2.07. The lowest BCUT2D eigenvalue weighted by Gasteiger charge is -1.95. The van der Waals surface area contributed by atoms with Gasteiger partial charge in [0.2, 0.25) is 5.69 Å². The van der Waals surface area contributed by atoms with E-state index >= 15 is 0 Å². The predicted molar refractivity (Wildman–Crippen MR) is 33.4 cm³/mol. The van der Waals surface area contributed by atoms with Crippen molar-refractivity contribution in [2.75, 3.05) is 6.54 Å². The molecule has 46 valence electrons. The SMILES string of the molecule is C1=NCC[n+]2[nH]ccc21. The van der Waals surface area contributed by atoms with Crippen LogP contribution in [0.4, 0.5) is 0 Å². The van der Waals surface area contributed by atoms with Gasteiger partial charge in [-0.1, -0.05) is 0 Å². The smallest absolute Gasteiger partial charge is 0.248 e. The summed E-state index contributed by atoms with van der Waals surface area (Å²) >= 11 is 0. The minimum Gasteiger partial charge on any atom is -0.279 e. The molecule has 9 heavy (non-hydrogen) atoms. The summed E-state index contributed by atoms with van der Waals surface area (Å²) in [5.74, 6) is 0. The lowest BCUT2D eigenvalue weighted by Crippen LogP contribution is -2.42. The van der Waals surface area contributed by atoms with Gasteiger partial charge in [-0.3, -0.25) is 4.99 Å². The first-order valence-electron chi connectivity index (χ1n) is 3.04. The Hall–Kier alpha value is -1.12. The van der Waals surface area contributed by atoms with Gasteiger partial charge >= 0.3 is 0 Å². The van der Waals surface area contributed by atoms with E-state index in [4.69, 9.17) is 0 Å². The fourth-order valence-electron chi connectivity index (χ4n) is 0.999. The van der Waals surface area contributed by atoms with Gasteiger partial charge in [0.15, 0.2) is 6.54 Å². The van der Waals surface area contributed by atoms with E-state index in [-0.39, 0.29) is 0 Å². The summed E-state index contributed by atoms with van der Waals surface area (Å²) in [6.07, 6.45) is 3.81. The van der Waals surface area contributed by atoms with Gasteiger partial charge in [-0.15, -0.1) is 4.68 Å². The molecule has 0 unspecified atom stereocenters. The Kier molecular flexibility index (Phi) is 0.886. The van der Waals surface area contributed by atoms with E-state index in [2.05, 4.69) is 14.8 Å². The third-order valence-electron chi connectivity index (χ3n) is 1.47. The average Bonchev–Trinajstić information content (AvgIpc) is 2.33. The molecule has 0 saturated heterocycles. The number of aliphatic imine (C=N–C) groups is 1. The lowest BCUT2D eigenvalue weighted by atomic mass is 10.4. The molecule has 1 aromatic heterocycles. The Balaban J connectivity index is 2.53. The number of rotatable bonds is 0. The molecule has 0 atom stereocenters. The van der Waals surface area contributed by atoms with Crippen molar-refractivity contribution >= 4 is 6.21 Å². The van der Waals surface area contributed by atoms with Crippen LogP contribution in [-0.2, 0) is 6.54 Å². The predicted octanol–water partition coefficient (Wildman–Crippen LogP) is -0.265. The molecule has 0 aliphatic carbocycles. The van der Waals surface area contributed by atoms with Crippen molar-refractivity contribution < 1.29 is 4.68 Å². The fourth-order valence-corrected chi connectivity index (χ4v) is 0.999. The number of aromatic amines is 1. The minimum atomic E-state index is 0.901. The van der Waals surface area contributed by atoms with Crippen LogP contribution in [0.5, 0.6) is 0 Å². The van der Waals surface area contributed by atoms with Crippen molar-refractivity contribution in [1.29, 1.82) is 0 Å². The molecule has 1 aromatic rings. The molecule has 0 aromatic carbocycles. The van der Waals surface area contributed by atoms with Gasteiger partial charge in [0, 0.05) is 6.07 Å². The van der Waals surface area contributed by atoms with Crippen molar-refractivity contribution in [2.45, 2.75) is 6.54 Å². The molecule has 0 amide bonds. The van der Waals surface area contributed by atoms with Crippen LogP contribution in [-0.4, -0.2) is 17.9 Å². The molecular weight excluding hydrogens is 114 g/mol. The zero-order valence-corrected chi connectivity index (χ0v) is 5.04. The van der Waals surface area contributed by atoms with Crippen molar-refractivity contribution in [1.82, 2.24) is 5.10 Å². The largest absolute Gasteiger partial charge is 0.279 e. The van der Waals surface area contributed by atoms with Crippen LogP contribution >= 0.6 is 0 Å². The van der Waals surface area contributed by atoms with Gasteiger partial charge in [0.1, 0.15) is 6.54 Å². The summed E-state index contributed by atoms with van der Waals surface area (Å²) in [7, 11) is 0. The summed E-state index contributed by atoms with van der Waals surface area (Å²) in [6, 6.07) is 2.02. The highest BCUT2D eigenvalue weighted by Gasteiger charge is 2.11. The third kappa shape index (κ3) is 0.650. The summed E-state index contributed by atoms with van der Waals surface area (Å²) in [4.78, 5) is 4.12. The normalized spacial score (nSPS) is 15.6. The van der Waals surface area contributed by atoms with Gasteiger partial charge in [-0.05, 0) is 0 Å². The molecule has 1 N–H and O–H groups in total. The maximum atomic E-state index is 4.12. The van der Waals surface area contributed by atoms with Crippen molar-refractivity contribution in [3.63, 3.8) is 0 Å². The topological polar surface area (TPSA) is 32.0 Å². The van der Waals surface area contributed by atoms with Crippen molar-refractivity contribution in [2.24, 2.45) is 4.99 Å². The number of nitrogens with one attached hydrogen (secondary N) is 1. The molecule has 0 bridgehead atoms. The maximum Gasteiger partial charge on any atom is 0.248 e. The summed E-state index contributed by atoms with van der Waals surface area (Å²) in [5, 5.41) is 3.08. The average molecular weight is 122 g/mol. The first-order valence-corrected chi connectivity index (χ1v) is 3.04. The van der Waals surface area contributed by atoms with E-state index in [0.717, 1.165) is 13.1 Å². The lowest BCUT2D eigenvalue weighted by molar-refractivity contribution is -0.749. The van der Waals surface area contributed by atoms with Gasteiger partial charge in [-0.2, -0.15) is 5.10 Å². The summed E-state index contributed by atoms with van der Waals surface area (Å²) in [6.45, 7) is 1.89. The summed E-state index contributed by atoms with van der Waals surface area (Å²) in [5.41, 5.74) is 1.17. The molecule has 2 rings (SSSR count). The van der Waals surface area contributed by atoms with Gasteiger partial charge < -0.3 is 0 Å². The van der Waals surface area contributed by atoms with E-state index in [9.17, 15) is 0 Å². The number of fused-ring (bicyclic) bond motifs is 1. The van der Waals surface area contributed by atoms with Crippen molar-refractivity contribution in [3.05, 3.63) is 18.0 Å². The van der Waals surface area contributed by atoms with Gasteiger partial charge in [-0.25, -0.2) is 0 Å². The quantitative estimate of drug-likeness (QED) is 0.460. The highest BCUT2D eigenvalue weighted by molar-refractivity contribution is 5.75. The molecule has 2 heterocycles. The molecule has 1 aliphatic heterocycles. The first kappa shape index (κ1) is 4.73. The van der Waals surface area contributed by atoms with Crippen LogP contribution in [0.15, 0.2) is 17.3 Å². The number of hydrogen-bond donors (Lipinski definition) is 1. The summed E-state index contributed by atoms with van der Waals surface area (Å²) < 4.78 is 2.08. The zero-order chi connectivity index (χ0) is 6.10. The molecule has 3 nitrogen and oxygen atoms in total. The number of aromatic nitrogens is 2. The standard InChI is InChI=1S/C6H7N3/c1-2-8-9-4-3-7-5-6(1)9/h1-2,5H,3-4H2/p+1. The van der Waals surface area contributed by atoms with Crippen LogP contribution in [0.25, 0.3) is 0 Å². The fraction of sp³-hybridized carbons (Fsp3) is 0.333. The molecule has 0 fully saturated rings. The van der Waals surface area contributed by atoms with Crippen molar-refractivity contribution in [3.8, 4) is 0 Å². The van der Waals surface area contributed by atoms with E-state index in [1.54, 1.807) is 0 Å². The van der Waals surface area contributed by atoms with Crippen LogP contribution in [0, 0.1) is 0 Å².